The fourth-order valence-corrected chi connectivity index (χ4v) is 0.715. The molecule has 0 radical (unpaired) electrons. The first-order chi connectivity index (χ1) is 3.83. The molecule has 1 heterocycles. The van der Waals surface area contributed by atoms with Gasteiger partial charge >= 0.3 is 0 Å². The number of rotatable bonds is 3. The molecule has 46 valence electrons. The average Bonchev–Trinajstić information content (AvgIpc) is 2.50. The summed E-state index contributed by atoms with van der Waals surface area (Å²) in [7, 11) is 0. The van der Waals surface area contributed by atoms with E-state index in [1.54, 1.807) is 0 Å². The first-order valence-corrected chi connectivity index (χ1v) is 3.07. The van der Waals surface area contributed by atoms with Crippen LogP contribution in [0.1, 0.15) is 13.3 Å². The summed E-state index contributed by atoms with van der Waals surface area (Å²) in [5, 5.41) is 0. The zero-order valence-corrected chi connectivity index (χ0v) is 5.26. The van der Waals surface area contributed by atoms with Gasteiger partial charge in [0, 0.05) is 0 Å². The first-order valence-electron chi connectivity index (χ1n) is 3.07. The lowest BCUT2D eigenvalue weighted by Gasteiger charge is -1.98. The monoisotopic (exact) mass is 112 g/mol. The van der Waals surface area contributed by atoms with Crippen molar-refractivity contribution in [3.8, 4) is 0 Å². The largest absolute Gasteiger partial charge is 0.373 e. The Kier molecular flexibility index (Phi) is 1.69. The smallest absolute Gasteiger partial charge is 0.0815 e. The summed E-state index contributed by atoms with van der Waals surface area (Å²) < 4.78 is 5.03. The molecule has 0 bridgehead atoms. The van der Waals surface area contributed by atoms with Gasteiger partial charge in [-0.25, -0.2) is 0 Å². The van der Waals surface area contributed by atoms with Gasteiger partial charge < -0.3 is 4.74 Å². The van der Waals surface area contributed by atoms with Gasteiger partial charge in [0.2, 0.25) is 0 Å². The maximum Gasteiger partial charge on any atom is 0.0815 e. The van der Waals surface area contributed by atoms with Crippen LogP contribution >= 0.6 is 0 Å². The quantitative estimate of drug-likeness (QED) is 0.399. The topological polar surface area (TPSA) is 12.5 Å². The van der Waals surface area contributed by atoms with E-state index in [1.165, 1.54) is 0 Å². The van der Waals surface area contributed by atoms with Crippen LogP contribution in [0.5, 0.6) is 0 Å². The normalized spacial score (nSPS) is 29.4. The van der Waals surface area contributed by atoms with Gasteiger partial charge in [0.1, 0.15) is 0 Å². The molecule has 0 spiro atoms. The molecule has 1 fully saturated rings. The van der Waals surface area contributed by atoms with Gasteiger partial charge in [-0.2, -0.15) is 0 Å². The lowest BCUT2D eigenvalue weighted by molar-refractivity contribution is 0.379. The van der Waals surface area contributed by atoms with Crippen molar-refractivity contribution in [1.29, 1.82) is 0 Å². The van der Waals surface area contributed by atoms with E-state index >= 15 is 0 Å². The van der Waals surface area contributed by atoms with Crippen LogP contribution in [0.15, 0.2) is 12.7 Å². The molecule has 0 aromatic carbocycles. The molecule has 0 N–H and O–H groups in total. The van der Waals surface area contributed by atoms with Crippen LogP contribution in [0.25, 0.3) is 0 Å². The summed E-state index contributed by atoms with van der Waals surface area (Å²) in [4.78, 5) is 0. The number of hydrogen-bond donors (Lipinski definition) is 0. The Labute approximate surface area is 50.3 Å². The predicted octanol–water partition coefficient (Wildman–Crippen LogP) is 1.60. The van der Waals surface area contributed by atoms with Gasteiger partial charge in [-0.1, -0.05) is 13.0 Å². The van der Waals surface area contributed by atoms with Crippen molar-refractivity contribution in [3.05, 3.63) is 12.7 Å². The van der Waals surface area contributed by atoms with Crippen molar-refractivity contribution in [3.63, 3.8) is 0 Å². The SMILES string of the molecule is C=CC(C)CC1CO1. The van der Waals surface area contributed by atoms with Crippen LogP contribution in [0, 0.1) is 5.92 Å². The van der Waals surface area contributed by atoms with Crippen molar-refractivity contribution in [2.24, 2.45) is 5.92 Å². The van der Waals surface area contributed by atoms with Crippen molar-refractivity contribution in [1.82, 2.24) is 0 Å². The van der Waals surface area contributed by atoms with Crippen LogP contribution in [-0.4, -0.2) is 12.7 Å². The fraction of sp³-hybridized carbons (Fsp3) is 0.714. The minimum Gasteiger partial charge on any atom is -0.373 e. The predicted molar refractivity (Wildman–Crippen MR) is 33.7 cm³/mol. The molecule has 1 saturated heterocycles. The molecular formula is C7H12O. The number of epoxide rings is 1. The molecule has 2 atom stereocenters. The lowest BCUT2D eigenvalue weighted by atomic mass is 10.1. The molecule has 1 heteroatoms. The van der Waals surface area contributed by atoms with Crippen molar-refractivity contribution >= 4 is 0 Å². The second kappa shape index (κ2) is 2.31. The summed E-state index contributed by atoms with van der Waals surface area (Å²) in [5.41, 5.74) is 0. The summed E-state index contributed by atoms with van der Waals surface area (Å²) in [6, 6.07) is 0. The van der Waals surface area contributed by atoms with Gasteiger partial charge in [-0.05, 0) is 12.3 Å². The fourth-order valence-electron chi connectivity index (χ4n) is 0.715. The third-order valence-corrected chi connectivity index (χ3v) is 1.44. The molecule has 1 nitrogen and oxygen atoms in total. The molecule has 1 rings (SSSR count). The summed E-state index contributed by atoms with van der Waals surface area (Å²) in [6.07, 6.45) is 3.69. The Hall–Kier alpha value is -0.300. The first kappa shape index (κ1) is 5.83. The number of allylic oxidation sites excluding steroid dienone is 1. The Morgan fingerprint density at radius 1 is 2.00 bits per heavy atom. The second-order valence-corrected chi connectivity index (χ2v) is 2.40. The van der Waals surface area contributed by atoms with Gasteiger partial charge in [-0.3, -0.25) is 0 Å². The maximum absolute atomic E-state index is 5.03. The van der Waals surface area contributed by atoms with Gasteiger partial charge in [0.25, 0.3) is 0 Å². The minimum atomic E-state index is 0.558. The van der Waals surface area contributed by atoms with Crippen LogP contribution in [-0.2, 0) is 4.74 Å². The zero-order chi connectivity index (χ0) is 5.98. The van der Waals surface area contributed by atoms with Gasteiger partial charge in [0.05, 0.1) is 12.7 Å². The molecule has 0 aliphatic carbocycles. The molecule has 2 unspecified atom stereocenters. The molecule has 8 heavy (non-hydrogen) atoms. The molecule has 0 aromatic heterocycles. The molecule has 1 aliphatic heterocycles. The van der Waals surface area contributed by atoms with E-state index < -0.39 is 0 Å². The summed E-state index contributed by atoms with van der Waals surface area (Å²) in [6.45, 7) is 6.82. The highest BCUT2D eigenvalue weighted by Crippen LogP contribution is 2.19. The van der Waals surface area contributed by atoms with Crippen LogP contribution in [0.2, 0.25) is 0 Å². The van der Waals surface area contributed by atoms with Crippen molar-refractivity contribution < 1.29 is 4.74 Å². The Balaban J connectivity index is 2.06. The number of hydrogen-bond acceptors (Lipinski definition) is 1. The zero-order valence-electron chi connectivity index (χ0n) is 5.26. The van der Waals surface area contributed by atoms with Crippen LogP contribution in [0.4, 0.5) is 0 Å². The highest BCUT2D eigenvalue weighted by molar-refractivity contribution is 4.81. The molecular weight excluding hydrogens is 100 g/mol. The molecule has 1 aliphatic rings. The van der Waals surface area contributed by atoms with E-state index in [2.05, 4.69) is 13.5 Å². The van der Waals surface area contributed by atoms with E-state index in [4.69, 9.17) is 4.74 Å². The van der Waals surface area contributed by atoms with E-state index in [9.17, 15) is 0 Å². The molecule has 0 aromatic rings. The van der Waals surface area contributed by atoms with E-state index in [0.717, 1.165) is 13.0 Å². The third-order valence-electron chi connectivity index (χ3n) is 1.44. The van der Waals surface area contributed by atoms with Gasteiger partial charge in [-0.15, -0.1) is 6.58 Å². The average molecular weight is 112 g/mol. The van der Waals surface area contributed by atoms with Crippen LogP contribution < -0.4 is 0 Å². The Morgan fingerprint density at radius 3 is 3.00 bits per heavy atom. The summed E-state index contributed by atoms with van der Waals surface area (Å²) >= 11 is 0. The van der Waals surface area contributed by atoms with E-state index in [0.29, 0.717) is 12.0 Å². The van der Waals surface area contributed by atoms with Crippen LogP contribution in [0.3, 0.4) is 0 Å². The third kappa shape index (κ3) is 1.66. The standard InChI is InChI=1S/C7H12O/c1-3-6(2)4-7-5-8-7/h3,6-7H,1,4-5H2,2H3. The molecule has 0 amide bonds. The Morgan fingerprint density at radius 2 is 2.62 bits per heavy atom. The number of ether oxygens (including phenoxy) is 1. The maximum atomic E-state index is 5.03. The van der Waals surface area contributed by atoms with Gasteiger partial charge in [0.15, 0.2) is 0 Å². The van der Waals surface area contributed by atoms with E-state index in [1.807, 2.05) is 6.08 Å². The van der Waals surface area contributed by atoms with E-state index in [-0.39, 0.29) is 0 Å². The second-order valence-electron chi connectivity index (χ2n) is 2.40. The highest BCUT2D eigenvalue weighted by Gasteiger charge is 2.23. The van der Waals surface area contributed by atoms with Crippen molar-refractivity contribution in [2.45, 2.75) is 19.4 Å². The van der Waals surface area contributed by atoms with Crippen molar-refractivity contribution in [2.75, 3.05) is 6.61 Å². The molecule has 0 saturated carbocycles. The highest BCUT2D eigenvalue weighted by atomic mass is 16.6. The Bertz CT molecular complexity index is 84.4. The summed E-state index contributed by atoms with van der Waals surface area (Å²) in [5.74, 6) is 0.627. The minimum absolute atomic E-state index is 0.558. The lowest BCUT2D eigenvalue weighted by Crippen LogP contribution is -1.93.